The van der Waals surface area contributed by atoms with Crippen LogP contribution in [0.25, 0.3) is 0 Å². The summed E-state index contributed by atoms with van der Waals surface area (Å²) < 4.78 is 10.7. The fourth-order valence-corrected chi connectivity index (χ4v) is 1.99. The SMILES string of the molecule is COCc1ccc(C(N)Cc2ccccc2C)o1. The maximum absolute atomic E-state index is 6.17. The van der Waals surface area contributed by atoms with Gasteiger partial charge in [-0.05, 0) is 36.6 Å². The molecule has 1 atom stereocenters. The Labute approximate surface area is 108 Å². The van der Waals surface area contributed by atoms with E-state index in [1.54, 1.807) is 7.11 Å². The number of hydrogen-bond donors (Lipinski definition) is 1. The molecule has 3 nitrogen and oxygen atoms in total. The Balaban J connectivity index is 2.07. The van der Waals surface area contributed by atoms with Crippen molar-refractivity contribution in [2.24, 2.45) is 5.73 Å². The average molecular weight is 245 g/mol. The molecule has 0 aliphatic heterocycles. The Bertz CT molecular complexity index is 505. The average Bonchev–Trinajstić information content (AvgIpc) is 2.81. The van der Waals surface area contributed by atoms with Crippen molar-refractivity contribution in [2.75, 3.05) is 7.11 Å². The van der Waals surface area contributed by atoms with E-state index in [0.717, 1.165) is 17.9 Å². The van der Waals surface area contributed by atoms with E-state index < -0.39 is 0 Å². The molecule has 1 aromatic heterocycles. The zero-order valence-corrected chi connectivity index (χ0v) is 10.8. The van der Waals surface area contributed by atoms with Gasteiger partial charge in [0.25, 0.3) is 0 Å². The van der Waals surface area contributed by atoms with E-state index in [2.05, 4.69) is 19.1 Å². The van der Waals surface area contributed by atoms with Gasteiger partial charge in [0.2, 0.25) is 0 Å². The maximum Gasteiger partial charge on any atom is 0.129 e. The molecule has 18 heavy (non-hydrogen) atoms. The molecule has 0 bridgehead atoms. The standard InChI is InChI=1S/C15H19NO2/c1-11-5-3-4-6-12(11)9-14(16)15-8-7-13(18-15)10-17-2/h3-8,14H,9-10,16H2,1-2H3. The third kappa shape index (κ3) is 3.00. The monoisotopic (exact) mass is 245 g/mol. The Morgan fingerprint density at radius 2 is 2.00 bits per heavy atom. The minimum absolute atomic E-state index is 0.114. The molecule has 1 heterocycles. The molecule has 0 spiro atoms. The van der Waals surface area contributed by atoms with Gasteiger partial charge < -0.3 is 14.9 Å². The van der Waals surface area contributed by atoms with Crippen molar-refractivity contribution in [3.63, 3.8) is 0 Å². The highest BCUT2D eigenvalue weighted by Gasteiger charge is 2.12. The smallest absolute Gasteiger partial charge is 0.129 e. The van der Waals surface area contributed by atoms with Crippen LogP contribution in [0.15, 0.2) is 40.8 Å². The highest BCUT2D eigenvalue weighted by atomic mass is 16.5. The number of furan rings is 1. The number of benzene rings is 1. The number of rotatable bonds is 5. The van der Waals surface area contributed by atoms with Crippen LogP contribution in [0.4, 0.5) is 0 Å². The molecule has 0 amide bonds. The van der Waals surface area contributed by atoms with E-state index in [-0.39, 0.29) is 6.04 Å². The van der Waals surface area contributed by atoms with Crippen molar-refractivity contribution in [3.8, 4) is 0 Å². The molecule has 2 rings (SSSR count). The summed E-state index contributed by atoms with van der Waals surface area (Å²) in [5.41, 5.74) is 8.69. The molecule has 0 aliphatic rings. The largest absolute Gasteiger partial charge is 0.462 e. The quantitative estimate of drug-likeness (QED) is 0.881. The van der Waals surface area contributed by atoms with Crippen molar-refractivity contribution < 1.29 is 9.15 Å². The van der Waals surface area contributed by atoms with Gasteiger partial charge in [-0.3, -0.25) is 0 Å². The third-order valence-electron chi connectivity index (χ3n) is 3.04. The van der Waals surface area contributed by atoms with Gasteiger partial charge in [0.1, 0.15) is 18.1 Å². The summed E-state index contributed by atoms with van der Waals surface area (Å²) in [6.07, 6.45) is 0.784. The Hall–Kier alpha value is -1.58. The van der Waals surface area contributed by atoms with Gasteiger partial charge in [0.15, 0.2) is 0 Å². The first-order chi connectivity index (χ1) is 8.70. The number of nitrogens with two attached hydrogens (primary N) is 1. The van der Waals surface area contributed by atoms with Crippen LogP contribution in [0.1, 0.15) is 28.7 Å². The summed E-state index contributed by atoms with van der Waals surface area (Å²) in [6, 6.07) is 12.0. The lowest BCUT2D eigenvalue weighted by atomic mass is 10.0. The topological polar surface area (TPSA) is 48.4 Å². The van der Waals surface area contributed by atoms with E-state index >= 15 is 0 Å². The van der Waals surface area contributed by atoms with E-state index in [4.69, 9.17) is 14.9 Å². The van der Waals surface area contributed by atoms with Crippen LogP contribution >= 0.6 is 0 Å². The number of methoxy groups -OCH3 is 1. The summed E-state index contributed by atoms with van der Waals surface area (Å²) in [7, 11) is 1.65. The van der Waals surface area contributed by atoms with E-state index in [9.17, 15) is 0 Å². The van der Waals surface area contributed by atoms with Gasteiger partial charge in [-0.2, -0.15) is 0 Å². The fourth-order valence-electron chi connectivity index (χ4n) is 1.99. The molecular formula is C15H19NO2. The minimum Gasteiger partial charge on any atom is -0.462 e. The second kappa shape index (κ2) is 5.85. The second-order valence-electron chi connectivity index (χ2n) is 4.47. The summed E-state index contributed by atoms with van der Waals surface area (Å²) in [6.45, 7) is 2.58. The van der Waals surface area contributed by atoms with Crippen LogP contribution in [0.2, 0.25) is 0 Å². The van der Waals surface area contributed by atoms with Crippen LogP contribution in [-0.4, -0.2) is 7.11 Å². The van der Waals surface area contributed by atoms with Crippen LogP contribution in [0.5, 0.6) is 0 Å². The molecule has 0 fully saturated rings. The van der Waals surface area contributed by atoms with Crippen molar-refractivity contribution in [3.05, 3.63) is 59.0 Å². The number of aryl methyl sites for hydroxylation is 1. The Kier molecular flexibility index (Phi) is 4.18. The molecule has 3 heteroatoms. The van der Waals surface area contributed by atoms with Gasteiger partial charge >= 0.3 is 0 Å². The molecule has 0 radical (unpaired) electrons. The first-order valence-electron chi connectivity index (χ1n) is 6.08. The summed E-state index contributed by atoms with van der Waals surface area (Å²) >= 11 is 0. The molecule has 0 aliphatic carbocycles. The van der Waals surface area contributed by atoms with Crippen molar-refractivity contribution in [2.45, 2.75) is 26.0 Å². The van der Waals surface area contributed by atoms with E-state index in [1.807, 2.05) is 24.3 Å². The third-order valence-corrected chi connectivity index (χ3v) is 3.04. The van der Waals surface area contributed by atoms with Gasteiger partial charge in [-0.15, -0.1) is 0 Å². The number of ether oxygens (including phenoxy) is 1. The zero-order valence-electron chi connectivity index (χ0n) is 10.8. The van der Waals surface area contributed by atoms with E-state index in [1.165, 1.54) is 11.1 Å². The predicted molar refractivity (Wildman–Crippen MR) is 71.2 cm³/mol. The first kappa shape index (κ1) is 12.9. The van der Waals surface area contributed by atoms with Gasteiger partial charge in [0, 0.05) is 7.11 Å². The molecule has 2 aromatic rings. The van der Waals surface area contributed by atoms with Crippen LogP contribution in [-0.2, 0) is 17.8 Å². The highest BCUT2D eigenvalue weighted by molar-refractivity contribution is 5.27. The molecule has 1 aromatic carbocycles. The van der Waals surface area contributed by atoms with Gasteiger partial charge in [-0.25, -0.2) is 0 Å². The van der Waals surface area contributed by atoms with Crippen molar-refractivity contribution in [1.82, 2.24) is 0 Å². The minimum atomic E-state index is -0.114. The Morgan fingerprint density at radius 3 is 2.72 bits per heavy atom. The van der Waals surface area contributed by atoms with Crippen molar-refractivity contribution >= 4 is 0 Å². The molecule has 2 N–H and O–H groups in total. The lowest BCUT2D eigenvalue weighted by Crippen LogP contribution is -2.13. The first-order valence-corrected chi connectivity index (χ1v) is 6.08. The van der Waals surface area contributed by atoms with Gasteiger partial charge in [-0.1, -0.05) is 24.3 Å². The lowest BCUT2D eigenvalue weighted by molar-refractivity contribution is 0.162. The van der Waals surface area contributed by atoms with Crippen LogP contribution in [0.3, 0.4) is 0 Å². The zero-order chi connectivity index (χ0) is 13.0. The van der Waals surface area contributed by atoms with Gasteiger partial charge in [0.05, 0.1) is 6.04 Å². The summed E-state index contributed by atoms with van der Waals surface area (Å²) in [5, 5.41) is 0. The molecule has 96 valence electrons. The van der Waals surface area contributed by atoms with Crippen molar-refractivity contribution in [1.29, 1.82) is 0 Å². The highest BCUT2D eigenvalue weighted by Crippen LogP contribution is 2.20. The Morgan fingerprint density at radius 1 is 1.22 bits per heavy atom. The van der Waals surface area contributed by atoms with E-state index in [0.29, 0.717) is 6.61 Å². The normalized spacial score (nSPS) is 12.6. The molecular weight excluding hydrogens is 226 g/mol. The predicted octanol–water partition coefficient (Wildman–Crippen LogP) is 2.98. The van der Waals surface area contributed by atoms with Crippen LogP contribution < -0.4 is 5.73 Å². The fraction of sp³-hybridized carbons (Fsp3) is 0.333. The second-order valence-corrected chi connectivity index (χ2v) is 4.47. The summed E-state index contributed by atoms with van der Waals surface area (Å²) in [5.74, 6) is 1.62. The molecule has 0 saturated heterocycles. The summed E-state index contributed by atoms with van der Waals surface area (Å²) in [4.78, 5) is 0. The van der Waals surface area contributed by atoms with Crippen LogP contribution in [0, 0.1) is 6.92 Å². The number of hydrogen-bond acceptors (Lipinski definition) is 3. The molecule has 0 saturated carbocycles. The lowest BCUT2D eigenvalue weighted by Gasteiger charge is -2.11. The maximum atomic E-state index is 6.17. The molecule has 1 unspecified atom stereocenters.